The van der Waals surface area contributed by atoms with Gasteiger partial charge in [-0.1, -0.05) is 25.0 Å². The largest absolute Gasteiger partial charge is 0.356 e. The molecular weight excluding hydrogens is 510 g/mol. The van der Waals surface area contributed by atoms with Gasteiger partial charge in [0.2, 0.25) is 11.8 Å². The molecule has 2 saturated heterocycles. The van der Waals surface area contributed by atoms with E-state index >= 15 is 0 Å². The molecule has 0 aromatic carbocycles. The fourth-order valence-electron chi connectivity index (χ4n) is 5.85. The molecule has 3 unspecified atom stereocenters. The van der Waals surface area contributed by atoms with Gasteiger partial charge in [0.15, 0.2) is 0 Å². The summed E-state index contributed by atoms with van der Waals surface area (Å²) in [6.45, 7) is 3.53. The number of sulfonamides is 1. The predicted molar refractivity (Wildman–Crippen MR) is 143 cm³/mol. The van der Waals surface area contributed by atoms with Crippen LogP contribution in [-0.4, -0.2) is 79.7 Å². The third kappa shape index (κ3) is 5.68. The van der Waals surface area contributed by atoms with Crippen LogP contribution in [0.5, 0.6) is 0 Å². The fraction of sp³-hybridized carbons (Fsp3) is 0.577. The van der Waals surface area contributed by atoms with Crippen molar-refractivity contribution in [3.05, 3.63) is 41.9 Å². The summed E-state index contributed by atoms with van der Waals surface area (Å²) in [6, 6.07) is 8.66. The van der Waals surface area contributed by atoms with Crippen molar-refractivity contribution in [3.63, 3.8) is 0 Å². The molecule has 2 aromatic heterocycles. The normalized spacial score (nSPS) is 26.3. The number of carbonyl (C=O) groups excluding carboxylic acids is 2. The quantitative estimate of drug-likeness (QED) is 0.634. The van der Waals surface area contributed by atoms with Crippen LogP contribution in [0.4, 0.5) is 5.82 Å². The van der Waals surface area contributed by atoms with Crippen LogP contribution in [0.1, 0.15) is 38.5 Å². The fourth-order valence-corrected chi connectivity index (χ4v) is 8.68. The topological polar surface area (TPSA) is 103 Å². The smallest absolute Gasteiger partial charge is 0.252 e. The Morgan fingerprint density at radius 1 is 0.973 bits per heavy atom. The number of thiophene rings is 1. The van der Waals surface area contributed by atoms with Crippen LogP contribution < -0.4 is 10.2 Å². The minimum absolute atomic E-state index is 0.0292. The number of hydrogen-bond donors (Lipinski definition) is 1. The summed E-state index contributed by atoms with van der Waals surface area (Å²) in [7, 11) is -3.75. The van der Waals surface area contributed by atoms with Gasteiger partial charge in [0.05, 0.1) is 5.92 Å². The molecule has 200 valence electrons. The Kier molecular flexibility index (Phi) is 8.11. The molecule has 3 atom stereocenters. The molecular formula is C26H35N5O4S2. The van der Waals surface area contributed by atoms with Gasteiger partial charge in [-0.2, -0.15) is 4.31 Å². The van der Waals surface area contributed by atoms with Crippen molar-refractivity contribution in [1.29, 1.82) is 0 Å². The maximum absolute atomic E-state index is 13.7. The second-order valence-electron chi connectivity index (χ2n) is 10.1. The van der Waals surface area contributed by atoms with Gasteiger partial charge >= 0.3 is 0 Å². The Hall–Kier alpha value is -2.50. The lowest BCUT2D eigenvalue weighted by Crippen LogP contribution is -2.50. The number of hydrogen-bond acceptors (Lipinski definition) is 7. The van der Waals surface area contributed by atoms with E-state index < -0.39 is 22.0 Å². The number of anilines is 1. The van der Waals surface area contributed by atoms with Crippen molar-refractivity contribution >= 4 is 39.0 Å². The van der Waals surface area contributed by atoms with Crippen LogP contribution in [0, 0.1) is 11.8 Å². The predicted octanol–water partition coefficient (Wildman–Crippen LogP) is 2.57. The Bertz CT molecular complexity index is 1170. The highest BCUT2D eigenvalue weighted by Crippen LogP contribution is 2.39. The Morgan fingerprint density at radius 3 is 2.51 bits per heavy atom. The molecule has 0 bridgehead atoms. The Labute approximate surface area is 222 Å². The molecule has 5 rings (SSSR count). The summed E-state index contributed by atoms with van der Waals surface area (Å²) in [4.78, 5) is 35.4. The lowest BCUT2D eigenvalue weighted by atomic mass is 10.0. The summed E-state index contributed by atoms with van der Waals surface area (Å²) in [6.07, 6.45) is 6.01. The number of nitrogens with one attached hydrogen (secondary N) is 1. The third-order valence-electron chi connectivity index (χ3n) is 7.81. The molecule has 0 spiro atoms. The van der Waals surface area contributed by atoms with E-state index in [1.54, 1.807) is 28.0 Å². The first kappa shape index (κ1) is 26.1. The zero-order chi connectivity index (χ0) is 25.8. The number of rotatable bonds is 4. The minimum atomic E-state index is -3.75. The van der Waals surface area contributed by atoms with Crippen LogP contribution >= 0.6 is 11.3 Å². The van der Waals surface area contributed by atoms with Gasteiger partial charge in [0, 0.05) is 57.4 Å². The first-order chi connectivity index (χ1) is 17.9. The van der Waals surface area contributed by atoms with E-state index in [0.717, 1.165) is 31.5 Å². The first-order valence-electron chi connectivity index (χ1n) is 13.2. The second-order valence-corrected chi connectivity index (χ2v) is 13.2. The number of carbonyl (C=O) groups is 2. The number of fused-ring (bicyclic) bond motifs is 1. The molecule has 3 aliphatic rings. The SMILES string of the molecule is O=C1NCCCCCCN(S(=O)(=O)c2cccs2)C2CC(C(=O)N3CCN(c4ccccn4)CC3)CC12. The monoisotopic (exact) mass is 545 g/mol. The van der Waals surface area contributed by atoms with Crippen molar-refractivity contribution in [2.75, 3.05) is 44.2 Å². The van der Waals surface area contributed by atoms with Crippen LogP contribution in [0.3, 0.4) is 0 Å². The number of nitrogens with zero attached hydrogens (tertiary/aromatic N) is 4. The maximum Gasteiger partial charge on any atom is 0.252 e. The van der Waals surface area contributed by atoms with E-state index in [1.165, 1.54) is 11.3 Å². The molecule has 0 radical (unpaired) electrons. The molecule has 1 saturated carbocycles. The first-order valence-corrected chi connectivity index (χ1v) is 15.5. The average Bonchev–Trinajstić information content (AvgIpc) is 3.61. The van der Waals surface area contributed by atoms with Crippen LogP contribution in [0.2, 0.25) is 0 Å². The Balaban J connectivity index is 1.34. The van der Waals surface area contributed by atoms with Crippen molar-refractivity contribution in [2.45, 2.75) is 48.8 Å². The molecule has 2 aliphatic heterocycles. The summed E-state index contributed by atoms with van der Waals surface area (Å²) < 4.78 is 29.2. The van der Waals surface area contributed by atoms with Gasteiger partial charge in [-0.3, -0.25) is 9.59 Å². The minimum Gasteiger partial charge on any atom is -0.356 e. The van der Waals surface area contributed by atoms with Gasteiger partial charge in [-0.15, -0.1) is 11.3 Å². The standard InChI is InChI=1S/C26H35N5O4S2/c32-25-21-18-20(26(33)30-15-13-29(14-16-30)23-8-3-5-10-27-23)19-22(21)31(12-6-2-1-4-11-28-25)37(34,35)24-9-7-17-36-24/h3,5,7-10,17,20-22H,1-2,4,6,11-16,18-19H2,(H,28,32). The molecule has 1 N–H and O–H groups in total. The molecule has 11 heteroatoms. The Morgan fingerprint density at radius 2 is 1.78 bits per heavy atom. The van der Waals surface area contributed by atoms with Gasteiger partial charge in [0.25, 0.3) is 10.0 Å². The van der Waals surface area contributed by atoms with Crippen LogP contribution in [-0.2, 0) is 19.6 Å². The maximum atomic E-state index is 13.7. The molecule has 9 nitrogen and oxygen atoms in total. The number of piperazine rings is 1. The van der Waals surface area contributed by atoms with E-state index in [-0.39, 0.29) is 17.7 Å². The number of pyridine rings is 1. The van der Waals surface area contributed by atoms with Gasteiger partial charge in [0.1, 0.15) is 10.0 Å². The summed E-state index contributed by atoms with van der Waals surface area (Å²) in [5.74, 6) is -0.0964. The zero-order valence-corrected chi connectivity index (χ0v) is 22.6. The number of amides is 2. The second kappa shape index (κ2) is 11.5. The van der Waals surface area contributed by atoms with Crippen molar-refractivity contribution in [1.82, 2.24) is 19.5 Å². The van der Waals surface area contributed by atoms with Crippen molar-refractivity contribution in [2.24, 2.45) is 11.8 Å². The highest BCUT2D eigenvalue weighted by molar-refractivity contribution is 7.91. The van der Waals surface area contributed by atoms with E-state index in [2.05, 4.69) is 15.2 Å². The summed E-state index contributed by atoms with van der Waals surface area (Å²) in [5, 5.41) is 4.78. The molecule has 4 heterocycles. The molecule has 3 fully saturated rings. The van der Waals surface area contributed by atoms with Crippen LogP contribution in [0.25, 0.3) is 0 Å². The van der Waals surface area contributed by atoms with Crippen molar-refractivity contribution in [3.8, 4) is 0 Å². The van der Waals surface area contributed by atoms with Crippen molar-refractivity contribution < 1.29 is 18.0 Å². The lowest BCUT2D eigenvalue weighted by Gasteiger charge is -2.36. The molecule has 1 aliphatic carbocycles. The van der Waals surface area contributed by atoms with E-state index in [9.17, 15) is 18.0 Å². The highest BCUT2D eigenvalue weighted by atomic mass is 32.2. The zero-order valence-electron chi connectivity index (χ0n) is 21.0. The average molecular weight is 546 g/mol. The summed E-state index contributed by atoms with van der Waals surface area (Å²) in [5.41, 5.74) is 0. The molecule has 2 amide bonds. The third-order valence-corrected chi connectivity index (χ3v) is 11.1. The number of aromatic nitrogens is 1. The highest BCUT2D eigenvalue weighted by Gasteiger charge is 2.48. The van der Waals surface area contributed by atoms with Crippen LogP contribution in [0.15, 0.2) is 46.1 Å². The van der Waals surface area contributed by atoms with Gasteiger partial charge in [-0.25, -0.2) is 13.4 Å². The summed E-state index contributed by atoms with van der Waals surface area (Å²) >= 11 is 1.20. The van der Waals surface area contributed by atoms with Gasteiger partial charge in [-0.05, 0) is 49.3 Å². The molecule has 2 aromatic rings. The van der Waals surface area contributed by atoms with E-state index in [1.807, 2.05) is 23.1 Å². The van der Waals surface area contributed by atoms with E-state index in [4.69, 9.17) is 0 Å². The lowest BCUT2D eigenvalue weighted by molar-refractivity contribution is -0.135. The molecule has 37 heavy (non-hydrogen) atoms. The van der Waals surface area contributed by atoms with E-state index in [0.29, 0.717) is 56.3 Å². The van der Waals surface area contributed by atoms with Gasteiger partial charge < -0.3 is 15.1 Å².